The van der Waals surface area contributed by atoms with Gasteiger partial charge in [0.25, 0.3) is 0 Å². The molecule has 0 heterocycles. The lowest BCUT2D eigenvalue weighted by Gasteiger charge is -2.18. The van der Waals surface area contributed by atoms with Gasteiger partial charge in [0.1, 0.15) is 5.78 Å². The van der Waals surface area contributed by atoms with E-state index in [-0.39, 0.29) is 30.5 Å². The van der Waals surface area contributed by atoms with Crippen LogP contribution in [-0.4, -0.2) is 39.3 Å². The Kier molecular flexibility index (Phi) is 10.7. The van der Waals surface area contributed by atoms with Gasteiger partial charge >= 0.3 is 5.97 Å². The number of carboxylic acid groups (broad SMARTS) is 1. The maximum absolute atomic E-state index is 12.1. The average Bonchev–Trinajstić information content (AvgIpc) is 2.82. The topological polar surface area (TPSA) is 94.8 Å². The molecule has 1 aliphatic carbocycles. The van der Waals surface area contributed by atoms with E-state index in [0.29, 0.717) is 12.8 Å². The van der Waals surface area contributed by atoms with Gasteiger partial charge in [-0.05, 0) is 25.2 Å². The Morgan fingerprint density at radius 2 is 1.92 bits per heavy atom. The summed E-state index contributed by atoms with van der Waals surface area (Å²) in [6.07, 6.45) is 10.8. The summed E-state index contributed by atoms with van der Waals surface area (Å²) >= 11 is 0. The number of hydrogen-bond donors (Lipinski definition) is 3. The van der Waals surface area contributed by atoms with Gasteiger partial charge in [0.2, 0.25) is 0 Å². The van der Waals surface area contributed by atoms with Gasteiger partial charge in [0.05, 0.1) is 12.2 Å². The van der Waals surface area contributed by atoms with E-state index < -0.39 is 18.2 Å². The van der Waals surface area contributed by atoms with Crippen LogP contribution in [0.4, 0.5) is 0 Å². The molecule has 144 valence electrons. The predicted octanol–water partition coefficient (Wildman–Crippen LogP) is 3.48. The molecule has 1 rings (SSSR count). The summed E-state index contributed by atoms with van der Waals surface area (Å²) in [5, 5.41) is 28.7. The summed E-state index contributed by atoms with van der Waals surface area (Å²) < 4.78 is 0. The van der Waals surface area contributed by atoms with Crippen molar-refractivity contribution in [2.75, 3.05) is 0 Å². The standard InChI is InChI=1S/C20H34O5/c1-2-3-6-10-16-17(19(23)14-18(16)22)13-12-15(21)9-7-4-5-8-11-20(24)25/h12-13,15-18,21-22H,2-11,14H2,1H3,(H,24,25)/b13-12+/t15-,16-,17+,18-/m0/s1. The van der Waals surface area contributed by atoms with Crippen molar-refractivity contribution in [3.63, 3.8) is 0 Å². The molecule has 4 atom stereocenters. The number of aliphatic hydroxyl groups excluding tert-OH is 2. The number of carbonyl (C=O) groups is 2. The van der Waals surface area contributed by atoms with Crippen molar-refractivity contribution >= 4 is 11.8 Å². The van der Waals surface area contributed by atoms with Crippen molar-refractivity contribution in [3.05, 3.63) is 12.2 Å². The summed E-state index contributed by atoms with van der Waals surface area (Å²) in [7, 11) is 0. The molecule has 5 nitrogen and oxygen atoms in total. The molecule has 1 saturated carbocycles. The third kappa shape index (κ3) is 8.63. The summed E-state index contributed by atoms with van der Waals surface area (Å²) in [5.74, 6) is -0.971. The molecule has 0 radical (unpaired) electrons. The fourth-order valence-electron chi connectivity index (χ4n) is 3.55. The molecule has 0 bridgehead atoms. The molecule has 1 aliphatic rings. The van der Waals surface area contributed by atoms with E-state index in [9.17, 15) is 19.8 Å². The third-order valence-electron chi connectivity index (χ3n) is 5.06. The van der Waals surface area contributed by atoms with Crippen LogP contribution in [0.5, 0.6) is 0 Å². The third-order valence-corrected chi connectivity index (χ3v) is 5.06. The summed E-state index contributed by atoms with van der Waals surface area (Å²) in [4.78, 5) is 22.5. The lowest BCUT2D eigenvalue weighted by Crippen LogP contribution is -2.19. The van der Waals surface area contributed by atoms with Crippen LogP contribution < -0.4 is 0 Å². The molecule has 0 unspecified atom stereocenters. The molecule has 3 N–H and O–H groups in total. The molecule has 25 heavy (non-hydrogen) atoms. The first-order chi connectivity index (χ1) is 12.0. The molecule has 0 amide bonds. The average molecular weight is 354 g/mol. The van der Waals surface area contributed by atoms with Crippen molar-refractivity contribution in [2.24, 2.45) is 11.8 Å². The van der Waals surface area contributed by atoms with Crippen molar-refractivity contribution in [3.8, 4) is 0 Å². The zero-order chi connectivity index (χ0) is 18.7. The Balaban J connectivity index is 2.33. The number of carbonyl (C=O) groups excluding carboxylic acids is 1. The van der Waals surface area contributed by atoms with Gasteiger partial charge in [-0.3, -0.25) is 9.59 Å². The van der Waals surface area contributed by atoms with Gasteiger partial charge in [0.15, 0.2) is 0 Å². The number of carboxylic acids is 1. The Bertz CT molecular complexity index is 432. The minimum absolute atomic E-state index is 0.0153. The summed E-state index contributed by atoms with van der Waals surface area (Å²) in [6, 6.07) is 0. The monoisotopic (exact) mass is 354 g/mol. The summed E-state index contributed by atoms with van der Waals surface area (Å²) in [6.45, 7) is 2.13. The fraction of sp³-hybridized carbons (Fsp3) is 0.800. The first-order valence-electron chi connectivity index (χ1n) is 9.74. The van der Waals surface area contributed by atoms with E-state index in [0.717, 1.165) is 44.9 Å². The van der Waals surface area contributed by atoms with Crippen molar-refractivity contribution in [1.29, 1.82) is 0 Å². The normalized spacial score (nSPS) is 24.9. The molecule has 0 aromatic heterocycles. The van der Waals surface area contributed by atoms with E-state index in [4.69, 9.17) is 5.11 Å². The highest BCUT2D eigenvalue weighted by molar-refractivity contribution is 5.85. The van der Waals surface area contributed by atoms with Gasteiger partial charge in [-0.1, -0.05) is 57.6 Å². The second-order valence-corrected chi connectivity index (χ2v) is 7.22. The largest absolute Gasteiger partial charge is 0.481 e. The number of ketones is 1. The van der Waals surface area contributed by atoms with Crippen LogP contribution in [-0.2, 0) is 9.59 Å². The smallest absolute Gasteiger partial charge is 0.303 e. The number of Topliss-reactive ketones (excluding diaryl/α,β-unsaturated/α-hetero) is 1. The molecule has 0 saturated heterocycles. The van der Waals surface area contributed by atoms with Crippen LogP contribution in [0.2, 0.25) is 0 Å². The molecule has 0 aromatic rings. The molecule has 0 spiro atoms. The van der Waals surface area contributed by atoms with E-state index in [2.05, 4.69) is 6.92 Å². The van der Waals surface area contributed by atoms with Gasteiger partial charge in [-0.15, -0.1) is 0 Å². The molecule has 1 fully saturated rings. The van der Waals surface area contributed by atoms with Crippen LogP contribution in [0.25, 0.3) is 0 Å². The van der Waals surface area contributed by atoms with Gasteiger partial charge in [-0.25, -0.2) is 0 Å². The molecule has 5 heteroatoms. The van der Waals surface area contributed by atoms with Gasteiger partial charge < -0.3 is 15.3 Å². The van der Waals surface area contributed by atoms with Crippen LogP contribution in [0, 0.1) is 11.8 Å². The van der Waals surface area contributed by atoms with Crippen molar-refractivity contribution in [1.82, 2.24) is 0 Å². The highest BCUT2D eigenvalue weighted by Gasteiger charge is 2.39. The lowest BCUT2D eigenvalue weighted by molar-refractivity contribution is -0.137. The fourth-order valence-corrected chi connectivity index (χ4v) is 3.55. The highest BCUT2D eigenvalue weighted by atomic mass is 16.4. The second kappa shape index (κ2) is 12.2. The Labute approximate surface area is 151 Å². The Morgan fingerprint density at radius 3 is 2.60 bits per heavy atom. The first-order valence-corrected chi connectivity index (χ1v) is 9.74. The molecular weight excluding hydrogens is 320 g/mol. The number of hydrogen-bond acceptors (Lipinski definition) is 4. The highest BCUT2D eigenvalue weighted by Crippen LogP contribution is 2.34. The zero-order valence-electron chi connectivity index (χ0n) is 15.4. The van der Waals surface area contributed by atoms with Crippen LogP contribution in [0.3, 0.4) is 0 Å². The van der Waals surface area contributed by atoms with E-state index in [1.165, 1.54) is 0 Å². The number of rotatable bonds is 13. The van der Waals surface area contributed by atoms with E-state index in [1.54, 1.807) is 12.2 Å². The van der Waals surface area contributed by atoms with Gasteiger partial charge in [-0.2, -0.15) is 0 Å². The zero-order valence-corrected chi connectivity index (χ0v) is 15.4. The van der Waals surface area contributed by atoms with E-state index in [1.807, 2.05) is 0 Å². The number of aliphatic hydroxyl groups is 2. The minimum atomic E-state index is -0.764. The number of unbranched alkanes of at least 4 members (excludes halogenated alkanes) is 5. The Hall–Kier alpha value is -1.20. The SMILES string of the molecule is CCCCC[C@@H]1[C@@H](O)CC(=O)[C@@H]1/C=C/[C@@H](O)CCCCCCC(=O)O. The molecule has 0 aromatic carbocycles. The van der Waals surface area contributed by atoms with Crippen molar-refractivity contribution < 1.29 is 24.9 Å². The predicted molar refractivity (Wildman–Crippen MR) is 97.2 cm³/mol. The molecular formula is C20H34O5. The maximum Gasteiger partial charge on any atom is 0.303 e. The summed E-state index contributed by atoms with van der Waals surface area (Å²) in [5.41, 5.74) is 0. The van der Waals surface area contributed by atoms with Crippen LogP contribution >= 0.6 is 0 Å². The number of allylic oxidation sites excluding steroid dienone is 1. The second-order valence-electron chi connectivity index (χ2n) is 7.22. The maximum atomic E-state index is 12.1. The van der Waals surface area contributed by atoms with Crippen LogP contribution in [0.1, 0.15) is 77.6 Å². The number of aliphatic carboxylic acids is 1. The molecule has 0 aliphatic heterocycles. The van der Waals surface area contributed by atoms with Crippen LogP contribution in [0.15, 0.2) is 12.2 Å². The van der Waals surface area contributed by atoms with Gasteiger partial charge in [0, 0.05) is 18.8 Å². The Morgan fingerprint density at radius 1 is 1.20 bits per heavy atom. The lowest BCUT2D eigenvalue weighted by atomic mass is 9.88. The quantitative estimate of drug-likeness (QED) is 0.348. The van der Waals surface area contributed by atoms with E-state index >= 15 is 0 Å². The minimum Gasteiger partial charge on any atom is -0.481 e. The van der Waals surface area contributed by atoms with Crippen molar-refractivity contribution in [2.45, 2.75) is 89.8 Å². The first kappa shape index (κ1) is 21.8.